The number of aromatic nitrogens is 4. The van der Waals surface area contributed by atoms with E-state index in [1.807, 2.05) is 6.20 Å². The molecule has 15 rings (SSSR count). The highest BCUT2D eigenvalue weighted by Crippen LogP contribution is 2.63. The van der Waals surface area contributed by atoms with Gasteiger partial charge >= 0.3 is 0 Å². The van der Waals surface area contributed by atoms with Crippen molar-refractivity contribution in [1.29, 1.82) is 0 Å². The molecule has 350 valence electrons. The Morgan fingerprint density at radius 3 is 1.58 bits per heavy atom. The smallest absolute Gasteiger partial charge is 0.252 e. The van der Waals surface area contributed by atoms with E-state index in [1.165, 1.54) is 127 Å². The molecule has 0 atom stereocenters. The molecule has 0 N–H and O–H groups in total. The minimum absolute atomic E-state index is 0.0316. The van der Waals surface area contributed by atoms with Crippen LogP contribution in [0.1, 0.15) is 128 Å². The van der Waals surface area contributed by atoms with Gasteiger partial charge < -0.3 is 9.13 Å². The number of rotatable bonds is 1. The van der Waals surface area contributed by atoms with Crippen molar-refractivity contribution in [1.82, 2.24) is 19.1 Å². The second kappa shape index (κ2) is 13.2. The lowest BCUT2D eigenvalue weighted by atomic mass is 9.33. The van der Waals surface area contributed by atoms with Crippen LogP contribution >= 0.6 is 0 Å². The lowest BCUT2D eigenvalue weighted by Crippen LogP contribution is -2.61. The monoisotopic (exact) mass is 930 g/mol. The lowest BCUT2D eigenvalue weighted by Gasteiger charge is -2.45. The van der Waals surface area contributed by atoms with Gasteiger partial charge in [0, 0.05) is 55.4 Å². The molecule has 0 fully saturated rings. The van der Waals surface area contributed by atoms with Crippen molar-refractivity contribution in [3.63, 3.8) is 0 Å². The van der Waals surface area contributed by atoms with Gasteiger partial charge in [-0.2, -0.15) is 0 Å². The minimum Gasteiger partial charge on any atom is -0.310 e. The van der Waals surface area contributed by atoms with Crippen molar-refractivity contribution in [2.45, 2.75) is 110 Å². The number of fused-ring (bicyclic) bond motifs is 15. The maximum atomic E-state index is 5.60. The first-order valence-electron chi connectivity index (χ1n) is 26.2. The summed E-state index contributed by atoms with van der Waals surface area (Å²) in [5.74, 6) is 0.749. The highest BCUT2D eigenvalue weighted by atomic mass is 15.1. The van der Waals surface area contributed by atoms with Crippen LogP contribution in [0.15, 0.2) is 140 Å². The van der Waals surface area contributed by atoms with Gasteiger partial charge in [0.05, 0.1) is 27.7 Å². The molecule has 0 saturated heterocycles. The second-order valence-corrected chi connectivity index (χ2v) is 25.9. The molecule has 1 aliphatic carbocycles. The maximum Gasteiger partial charge on any atom is 0.252 e. The van der Waals surface area contributed by atoms with Gasteiger partial charge in [-0.3, -0.25) is 0 Å². The summed E-state index contributed by atoms with van der Waals surface area (Å²) >= 11 is 0. The van der Waals surface area contributed by atoms with Gasteiger partial charge in [0.1, 0.15) is 0 Å². The Morgan fingerprint density at radius 1 is 0.431 bits per heavy atom. The first-order valence-corrected chi connectivity index (χ1v) is 26.2. The Balaban J connectivity index is 1.26. The third-order valence-corrected chi connectivity index (χ3v) is 17.5. The van der Waals surface area contributed by atoms with Crippen molar-refractivity contribution in [2.75, 3.05) is 0 Å². The van der Waals surface area contributed by atoms with Crippen molar-refractivity contribution in [2.24, 2.45) is 0 Å². The van der Waals surface area contributed by atoms with Crippen LogP contribution in [0.5, 0.6) is 0 Å². The molecule has 4 nitrogen and oxygen atoms in total. The molecular formula is C67H59BN4. The van der Waals surface area contributed by atoms with Crippen LogP contribution in [-0.2, 0) is 27.1 Å². The summed E-state index contributed by atoms with van der Waals surface area (Å²) in [6.45, 7) is 28.4. The van der Waals surface area contributed by atoms with Gasteiger partial charge in [-0.15, -0.1) is 0 Å². The summed E-state index contributed by atoms with van der Waals surface area (Å²) in [6, 6.07) is 52.4. The molecule has 0 amide bonds. The topological polar surface area (TPSA) is 35.6 Å². The molecule has 6 heterocycles. The van der Waals surface area contributed by atoms with Gasteiger partial charge in [-0.25, -0.2) is 9.97 Å². The standard InChI is InChI=1S/C67H59BN4/c1-63(2,3)37-25-26-55-43(27-37)44-29-39(65(7,8)9)32-52-58(44)71(55)60-47(62-69-35-36-19-13-18-24-54(36)70-62)34-51-61-56(60)68(52)53-33-40(66(10,11)12)30-46-45-28-38(64(4,5)6)31-50(57(45)72(61)59(46)53)67(51)48-22-16-14-20-41(48)42-21-15-17-23-49(42)67/h13-35H,1-12H3. The van der Waals surface area contributed by atoms with Crippen LogP contribution in [0.25, 0.3) is 88.4 Å². The van der Waals surface area contributed by atoms with E-state index >= 15 is 0 Å². The first-order chi connectivity index (χ1) is 34.2. The quantitative estimate of drug-likeness (QED) is 0.154. The summed E-state index contributed by atoms with van der Waals surface area (Å²) in [4.78, 5) is 11.0. The second-order valence-electron chi connectivity index (χ2n) is 25.9. The molecule has 0 saturated carbocycles. The highest BCUT2D eigenvalue weighted by Gasteiger charge is 2.55. The van der Waals surface area contributed by atoms with Crippen molar-refractivity contribution >= 4 is 77.6 Å². The van der Waals surface area contributed by atoms with E-state index in [1.54, 1.807) is 0 Å². The molecule has 4 aliphatic rings. The highest BCUT2D eigenvalue weighted by molar-refractivity contribution is 7.00. The Labute approximate surface area is 422 Å². The SMILES string of the molecule is CC(C)(C)c1ccc2c(c1)c1cc(C(C)(C)C)cc3c1n2-c1c(-c2ncc4ccccc4n2)cc2c4c1B3c1cc(C(C)(C)C)cc3c5cc(C(C)(C)C)cc(c5n-4c13)C21c2ccccc2-c2ccccc21. The normalized spacial score (nSPS) is 15.0. The van der Waals surface area contributed by atoms with Crippen molar-refractivity contribution in [3.05, 3.63) is 184 Å². The predicted octanol–water partition coefficient (Wildman–Crippen LogP) is 14.5. The Hall–Kier alpha value is -7.24. The Kier molecular flexibility index (Phi) is 7.80. The number of hydrogen-bond donors (Lipinski definition) is 0. The van der Waals surface area contributed by atoms with Gasteiger partial charge in [0.15, 0.2) is 5.82 Å². The van der Waals surface area contributed by atoms with Crippen LogP contribution in [0, 0.1) is 0 Å². The van der Waals surface area contributed by atoms with Crippen LogP contribution in [0.3, 0.4) is 0 Å². The summed E-state index contributed by atoms with van der Waals surface area (Å²) in [6.07, 6.45) is 2.04. The molecule has 3 aromatic heterocycles. The van der Waals surface area contributed by atoms with Gasteiger partial charge in [-0.1, -0.05) is 174 Å². The molecule has 72 heavy (non-hydrogen) atoms. The molecule has 8 aromatic carbocycles. The predicted molar refractivity (Wildman–Crippen MR) is 304 cm³/mol. The number of nitrogens with zero attached hydrogens (tertiary/aromatic N) is 4. The fraction of sp³-hybridized carbons (Fsp3) is 0.254. The Morgan fingerprint density at radius 2 is 0.958 bits per heavy atom. The van der Waals surface area contributed by atoms with E-state index in [0.29, 0.717) is 0 Å². The zero-order valence-electron chi connectivity index (χ0n) is 43.6. The fourth-order valence-corrected chi connectivity index (χ4v) is 13.9. The molecule has 11 aromatic rings. The van der Waals surface area contributed by atoms with Crippen LogP contribution in [0.4, 0.5) is 0 Å². The number of benzene rings is 8. The molecule has 1 spiro atoms. The van der Waals surface area contributed by atoms with Crippen molar-refractivity contribution < 1.29 is 0 Å². The van der Waals surface area contributed by atoms with Gasteiger partial charge in [-0.05, 0) is 136 Å². The lowest BCUT2D eigenvalue weighted by molar-refractivity contribution is 0.588. The maximum absolute atomic E-state index is 5.60. The van der Waals surface area contributed by atoms with E-state index in [4.69, 9.17) is 9.97 Å². The first kappa shape index (κ1) is 42.4. The summed E-state index contributed by atoms with van der Waals surface area (Å²) < 4.78 is 5.43. The summed E-state index contributed by atoms with van der Waals surface area (Å²) in [5.41, 5.74) is 26.1. The molecule has 0 unspecified atom stereocenters. The third-order valence-electron chi connectivity index (χ3n) is 17.5. The molecule has 3 aliphatic heterocycles. The number of para-hydroxylation sites is 1. The zero-order chi connectivity index (χ0) is 49.5. The van der Waals surface area contributed by atoms with Crippen LogP contribution in [0.2, 0.25) is 0 Å². The summed E-state index contributed by atoms with van der Waals surface area (Å²) in [7, 11) is 0. The van der Waals surface area contributed by atoms with E-state index in [2.05, 4.69) is 226 Å². The number of hydrogen-bond acceptors (Lipinski definition) is 2. The molecular weight excluding hydrogens is 872 g/mol. The van der Waals surface area contributed by atoms with E-state index in [0.717, 1.165) is 22.3 Å². The van der Waals surface area contributed by atoms with Crippen LogP contribution < -0.4 is 16.4 Å². The average molecular weight is 931 g/mol. The van der Waals surface area contributed by atoms with E-state index < -0.39 is 5.41 Å². The van der Waals surface area contributed by atoms with Gasteiger partial charge in [0.25, 0.3) is 6.71 Å². The average Bonchev–Trinajstić information content (AvgIpc) is 3.97. The minimum atomic E-state index is -0.662. The van der Waals surface area contributed by atoms with Crippen molar-refractivity contribution in [3.8, 4) is 33.9 Å². The Bertz CT molecular complexity index is 4270. The molecule has 5 heteroatoms. The largest absolute Gasteiger partial charge is 0.310 e. The van der Waals surface area contributed by atoms with Crippen LogP contribution in [-0.4, -0.2) is 25.8 Å². The molecule has 0 radical (unpaired) electrons. The van der Waals surface area contributed by atoms with E-state index in [-0.39, 0.29) is 28.4 Å². The zero-order valence-corrected chi connectivity index (χ0v) is 43.6. The summed E-state index contributed by atoms with van der Waals surface area (Å²) in [5, 5.41) is 6.34. The van der Waals surface area contributed by atoms with Gasteiger partial charge in [0.2, 0.25) is 0 Å². The third kappa shape index (κ3) is 5.14. The van der Waals surface area contributed by atoms with E-state index in [9.17, 15) is 0 Å². The fourth-order valence-electron chi connectivity index (χ4n) is 13.9. The molecule has 0 bridgehead atoms.